The molecule has 0 radical (unpaired) electrons. The van der Waals surface area contributed by atoms with Crippen LogP contribution in [-0.2, 0) is 16.1 Å². The minimum Gasteiger partial charge on any atom is -0.490 e. The molecule has 10 heteroatoms. The van der Waals surface area contributed by atoms with Gasteiger partial charge in [0.15, 0.2) is 17.4 Å². The standard InChI is InChI=1S/C35H40FN5O4/c1-24-28(26-9-10-29(36)32(21-26)45-17-5-13-40-15-18-44-19-16-40)6-4-7-30(24)39-34-33-27(11-12-37-34)20-25(22-38-33)23-41-14-3-2-8-31(41)35(42)43/h4,6-7,9-12,20-22,31H,2-3,5,8,13-19,23H2,1H3,(H,37,39)(H,42,43). The number of aromatic nitrogens is 2. The van der Waals surface area contributed by atoms with Gasteiger partial charge in [-0.3, -0.25) is 19.6 Å². The molecule has 2 aliphatic rings. The number of nitrogens with one attached hydrogen (secondary N) is 1. The third-order valence-electron chi connectivity index (χ3n) is 8.75. The van der Waals surface area contributed by atoms with Crippen LogP contribution in [-0.4, -0.2) is 82.9 Å². The number of piperidine rings is 1. The van der Waals surface area contributed by atoms with Gasteiger partial charge in [-0.1, -0.05) is 24.6 Å². The first kappa shape index (κ1) is 30.9. The van der Waals surface area contributed by atoms with E-state index in [4.69, 9.17) is 14.5 Å². The molecule has 6 rings (SSSR count). The van der Waals surface area contributed by atoms with E-state index in [1.54, 1.807) is 18.3 Å². The summed E-state index contributed by atoms with van der Waals surface area (Å²) in [5.41, 5.74) is 5.39. The Bertz CT molecular complexity index is 1640. The number of benzene rings is 2. The molecule has 1 unspecified atom stereocenters. The van der Waals surface area contributed by atoms with Crippen molar-refractivity contribution >= 4 is 28.4 Å². The van der Waals surface area contributed by atoms with Gasteiger partial charge in [0.1, 0.15) is 11.6 Å². The van der Waals surface area contributed by atoms with Gasteiger partial charge in [0.2, 0.25) is 0 Å². The first-order chi connectivity index (χ1) is 22.0. The quantitative estimate of drug-likeness (QED) is 0.197. The number of anilines is 2. The lowest BCUT2D eigenvalue weighted by Crippen LogP contribution is -2.44. The zero-order valence-corrected chi connectivity index (χ0v) is 25.7. The van der Waals surface area contributed by atoms with Gasteiger partial charge in [-0.2, -0.15) is 0 Å². The number of carbonyl (C=O) groups is 1. The molecule has 45 heavy (non-hydrogen) atoms. The summed E-state index contributed by atoms with van der Waals surface area (Å²) in [6.07, 6.45) is 7.00. The van der Waals surface area contributed by atoms with Crippen LogP contribution in [0.3, 0.4) is 0 Å². The molecule has 0 saturated carbocycles. The van der Waals surface area contributed by atoms with E-state index in [9.17, 15) is 14.3 Å². The molecule has 4 aromatic rings. The minimum absolute atomic E-state index is 0.252. The molecule has 0 spiro atoms. The molecule has 2 fully saturated rings. The number of hydrogen-bond acceptors (Lipinski definition) is 8. The number of rotatable bonds is 11. The Morgan fingerprint density at radius 1 is 1.11 bits per heavy atom. The SMILES string of the molecule is Cc1c(Nc2nccc3cc(CN4CCCCC4C(=O)O)cnc23)cccc1-c1ccc(F)c(OCCCN2CCOCC2)c1. The summed E-state index contributed by atoms with van der Waals surface area (Å²) >= 11 is 0. The predicted molar refractivity (Wildman–Crippen MR) is 172 cm³/mol. The first-order valence-electron chi connectivity index (χ1n) is 15.8. The maximum Gasteiger partial charge on any atom is 0.320 e. The highest BCUT2D eigenvalue weighted by Gasteiger charge is 2.28. The molecular weight excluding hydrogens is 573 g/mol. The number of aliphatic carboxylic acids is 1. The van der Waals surface area contributed by atoms with Gasteiger partial charge in [0.05, 0.1) is 19.8 Å². The number of ether oxygens (including phenoxy) is 2. The Hall–Kier alpha value is -4.12. The molecule has 1 atom stereocenters. The number of morpholine rings is 1. The van der Waals surface area contributed by atoms with Gasteiger partial charge in [-0.15, -0.1) is 0 Å². The maximum atomic E-state index is 14.7. The van der Waals surface area contributed by atoms with Crippen molar-refractivity contribution in [2.75, 3.05) is 51.3 Å². The highest BCUT2D eigenvalue weighted by molar-refractivity contribution is 5.91. The fraction of sp³-hybridized carbons (Fsp3) is 0.400. The summed E-state index contributed by atoms with van der Waals surface area (Å²) in [7, 11) is 0. The fourth-order valence-corrected chi connectivity index (χ4v) is 6.27. The van der Waals surface area contributed by atoms with E-state index in [1.165, 1.54) is 6.07 Å². The van der Waals surface area contributed by atoms with E-state index in [1.807, 2.05) is 42.3 Å². The van der Waals surface area contributed by atoms with Crippen molar-refractivity contribution < 1.29 is 23.8 Å². The zero-order chi connectivity index (χ0) is 31.2. The summed E-state index contributed by atoms with van der Waals surface area (Å²) in [5.74, 6) is -0.256. The molecule has 2 saturated heterocycles. The third kappa shape index (κ3) is 7.41. The molecule has 4 heterocycles. The number of carboxylic acid groups (broad SMARTS) is 1. The Kier molecular flexibility index (Phi) is 9.83. The zero-order valence-electron chi connectivity index (χ0n) is 25.7. The lowest BCUT2D eigenvalue weighted by molar-refractivity contribution is -0.144. The van der Waals surface area contributed by atoms with Gasteiger partial charge >= 0.3 is 5.97 Å². The smallest absolute Gasteiger partial charge is 0.320 e. The summed E-state index contributed by atoms with van der Waals surface area (Å²) in [4.78, 5) is 25.5. The van der Waals surface area contributed by atoms with Crippen molar-refractivity contribution in [2.45, 2.75) is 45.2 Å². The van der Waals surface area contributed by atoms with Gasteiger partial charge in [0.25, 0.3) is 0 Å². The van der Waals surface area contributed by atoms with Crippen LogP contribution in [0.15, 0.2) is 60.9 Å². The van der Waals surface area contributed by atoms with Gasteiger partial charge < -0.3 is 19.9 Å². The molecule has 9 nitrogen and oxygen atoms in total. The average molecular weight is 614 g/mol. The molecular formula is C35H40FN5O4. The van der Waals surface area contributed by atoms with E-state index < -0.39 is 12.0 Å². The lowest BCUT2D eigenvalue weighted by Gasteiger charge is -2.32. The van der Waals surface area contributed by atoms with Crippen molar-refractivity contribution in [2.24, 2.45) is 0 Å². The second kappa shape index (κ2) is 14.3. The second-order valence-corrected chi connectivity index (χ2v) is 11.8. The first-order valence-corrected chi connectivity index (χ1v) is 15.8. The molecule has 236 valence electrons. The summed E-state index contributed by atoms with van der Waals surface area (Å²) in [6, 6.07) is 14.5. The number of hydrogen-bond donors (Lipinski definition) is 2. The third-order valence-corrected chi connectivity index (χ3v) is 8.75. The summed E-state index contributed by atoms with van der Waals surface area (Å²) in [6.45, 7) is 8.05. The van der Waals surface area contributed by atoms with E-state index >= 15 is 0 Å². The average Bonchev–Trinajstić information content (AvgIpc) is 3.05. The van der Waals surface area contributed by atoms with Crippen molar-refractivity contribution in [1.82, 2.24) is 19.8 Å². The van der Waals surface area contributed by atoms with E-state index in [-0.39, 0.29) is 11.6 Å². The largest absolute Gasteiger partial charge is 0.490 e. The van der Waals surface area contributed by atoms with Crippen LogP contribution in [0.5, 0.6) is 5.75 Å². The van der Waals surface area contributed by atoms with E-state index in [0.29, 0.717) is 25.4 Å². The van der Waals surface area contributed by atoms with Crippen LogP contribution in [0.25, 0.3) is 22.0 Å². The van der Waals surface area contributed by atoms with Gasteiger partial charge in [0, 0.05) is 49.6 Å². The molecule has 0 bridgehead atoms. The number of halogens is 1. The van der Waals surface area contributed by atoms with Crippen LogP contribution in [0.2, 0.25) is 0 Å². The van der Waals surface area contributed by atoms with E-state index in [0.717, 1.165) is 97.5 Å². The number of pyridine rings is 2. The van der Waals surface area contributed by atoms with Crippen molar-refractivity contribution in [1.29, 1.82) is 0 Å². The molecule has 0 amide bonds. The topological polar surface area (TPSA) is 100 Å². The Morgan fingerprint density at radius 3 is 2.82 bits per heavy atom. The van der Waals surface area contributed by atoms with Crippen LogP contribution >= 0.6 is 0 Å². The van der Waals surface area contributed by atoms with Crippen molar-refractivity contribution in [3.63, 3.8) is 0 Å². The molecule has 2 aromatic carbocycles. The summed E-state index contributed by atoms with van der Waals surface area (Å²) in [5, 5.41) is 14.1. The molecule has 2 aliphatic heterocycles. The Labute approximate surface area is 263 Å². The fourth-order valence-electron chi connectivity index (χ4n) is 6.27. The van der Waals surface area contributed by atoms with Crippen LogP contribution in [0.1, 0.15) is 36.8 Å². The lowest BCUT2D eigenvalue weighted by atomic mass is 9.98. The van der Waals surface area contributed by atoms with Gasteiger partial charge in [-0.05, 0) is 85.3 Å². The highest BCUT2D eigenvalue weighted by atomic mass is 19.1. The predicted octanol–water partition coefficient (Wildman–Crippen LogP) is 6.03. The minimum atomic E-state index is -0.763. The second-order valence-electron chi connectivity index (χ2n) is 11.8. The van der Waals surface area contributed by atoms with Crippen LogP contribution < -0.4 is 10.1 Å². The summed E-state index contributed by atoms with van der Waals surface area (Å²) < 4.78 is 26.0. The normalized spacial score (nSPS) is 17.8. The van der Waals surface area contributed by atoms with E-state index in [2.05, 4.69) is 21.3 Å². The molecule has 0 aliphatic carbocycles. The number of nitrogens with zero attached hydrogens (tertiary/aromatic N) is 4. The van der Waals surface area contributed by atoms with Crippen LogP contribution in [0, 0.1) is 12.7 Å². The number of fused-ring (bicyclic) bond motifs is 1. The van der Waals surface area contributed by atoms with Crippen molar-refractivity contribution in [3.8, 4) is 16.9 Å². The van der Waals surface area contributed by atoms with Gasteiger partial charge in [-0.25, -0.2) is 9.37 Å². The Morgan fingerprint density at radius 2 is 1.98 bits per heavy atom. The highest BCUT2D eigenvalue weighted by Crippen LogP contribution is 2.34. The number of likely N-dealkylation sites (tertiary alicyclic amines) is 1. The Balaban J connectivity index is 1.16. The monoisotopic (exact) mass is 613 g/mol. The molecule has 2 aromatic heterocycles. The molecule has 2 N–H and O–H groups in total. The van der Waals surface area contributed by atoms with Crippen molar-refractivity contribution in [3.05, 3.63) is 77.9 Å². The van der Waals surface area contributed by atoms with Crippen LogP contribution in [0.4, 0.5) is 15.9 Å². The number of carboxylic acids is 1. The maximum absolute atomic E-state index is 14.7.